The minimum absolute atomic E-state index is 0.271. The SMILES string of the molecule is Cc1nn(C)c(C)c1C1CCCN1Cc1nc2c(F)cccc2[nH]1. The molecular weight excluding hydrogens is 305 g/mol. The lowest BCUT2D eigenvalue weighted by atomic mass is 10.0. The molecule has 3 heterocycles. The summed E-state index contributed by atoms with van der Waals surface area (Å²) in [6, 6.07) is 5.39. The van der Waals surface area contributed by atoms with E-state index >= 15 is 0 Å². The van der Waals surface area contributed by atoms with Gasteiger partial charge < -0.3 is 4.98 Å². The number of likely N-dealkylation sites (tertiary alicyclic amines) is 1. The van der Waals surface area contributed by atoms with Crippen molar-refractivity contribution in [3.05, 3.63) is 46.8 Å². The Bertz CT molecular complexity index is 894. The fourth-order valence-corrected chi connectivity index (χ4v) is 3.93. The smallest absolute Gasteiger partial charge is 0.151 e. The molecule has 1 aromatic carbocycles. The second-order valence-corrected chi connectivity index (χ2v) is 6.66. The molecule has 1 aliphatic rings. The molecule has 3 aromatic rings. The highest BCUT2D eigenvalue weighted by atomic mass is 19.1. The van der Waals surface area contributed by atoms with Crippen LogP contribution in [0, 0.1) is 19.7 Å². The summed E-state index contributed by atoms with van der Waals surface area (Å²) in [6.07, 6.45) is 2.29. The molecule has 0 saturated carbocycles. The maximum absolute atomic E-state index is 13.9. The second-order valence-electron chi connectivity index (χ2n) is 6.66. The summed E-state index contributed by atoms with van der Waals surface area (Å²) in [7, 11) is 1.99. The second kappa shape index (κ2) is 5.70. The quantitative estimate of drug-likeness (QED) is 0.802. The number of aryl methyl sites for hydroxylation is 2. The number of aromatic amines is 1. The average molecular weight is 327 g/mol. The number of hydrogen-bond acceptors (Lipinski definition) is 3. The molecule has 0 amide bonds. The molecule has 0 aliphatic carbocycles. The third kappa shape index (κ3) is 2.41. The van der Waals surface area contributed by atoms with Gasteiger partial charge in [-0.15, -0.1) is 0 Å². The van der Waals surface area contributed by atoms with Gasteiger partial charge in [0.05, 0.1) is 17.8 Å². The minimum Gasteiger partial charge on any atom is -0.341 e. The normalized spacial score (nSPS) is 18.8. The van der Waals surface area contributed by atoms with Crippen molar-refractivity contribution >= 4 is 11.0 Å². The Labute approximate surface area is 140 Å². The lowest BCUT2D eigenvalue weighted by Crippen LogP contribution is -2.24. The standard InChI is InChI=1S/C18H22FN5/c1-11-17(12(2)23(3)22-11)15-8-5-9-24(15)10-16-20-14-7-4-6-13(19)18(14)21-16/h4,6-7,15H,5,8-10H2,1-3H3,(H,20,21). The number of aromatic nitrogens is 4. The topological polar surface area (TPSA) is 49.7 Å². The first kappa shape index (κ1) is 15.3. The Morgan fingerprint density at radius 3 is 2.88 bits per heavy atom. The zero-order chi connectivity index (χ0) is 16.8. The highest BCUT2D eigenvalue weighted by molar-refractivity contribution is 5.75. The molecule has 126 valence electrons. The van der Waals surface area contributed by atoms with Gasteiger partial charge in [0.1, 0.15) is 11.3 Å². The van der Waals surface area contributed by atoms with Crippen LogP contribution >= 0.6 is 0 Å². The number of hydrogen-bond donors (Lipinski definition) is 1. The van der Waals surface area contributed by atoms with Crippen LogP contribution in [0.25, 0.3) is 11.0 Å². The highest BCUT2D eigenvalue weighted by Crippen LogP contribution is 2.36. The van der Waals surface area contributed by atoms with Crippen molar-refractivity contribution in [2.75, 3.05) is 6.54 Å². The van der Waals surface area contributed by atoms with Crippen molar-refractivity contribution in [2.45, 2.75) is 39.3 Å². The van der Waals surface area contributed by atoms with Gasteiger partial charge in [-0.1, -0.05) is 6.07 Å². The van der Waals surface area contributed by atoms with Crippen LogP contribution in [0.15, 0.2) is 18.2 Å². The number of para-hydroxylation sites is 1. The molecule has 1 saturated heterocycles. The molecule has 1 atom stereocenters. The van der Waals surface area contributed by atoms with Gasteiger partial charge in [-0.05, 0) is 45.4 Å². The maximum atomic E-state index is 13.9. The first-order valence-corrected chi connectivity index (χ1v) is 8.42. The number of H-pyrrole nitrogens is 1. The molecule has 1 fully saturated rings. The van der Waals surface area contributed by atoms with Gasteiger partial charge in [0, 0.05) is 24.3 Å². The highest BCUT2D eigenvalue weighted by Gasteiger charge is 2.30. The summed E-state index contributed by atoms with van der Waals surface area (Å²) in [5.74, 6) is 0.549. The third-order valence-electron chi connectivity index (χ3n) is 5.13. The summed E-state index contributed by atoms with van der Waals surface area (Å²) >= 11 is 0. The molecule has 0 bridgehead atoms. The first-order valence-electron chi connectivity index (χ1n) is 8.42. The molecule has 6 heteroatoms. The van der Waals surface area contributed by atoms with Gasteiger partial charge in [-0.25, -0.2) is 9.37 Å². The molecule has 5 nitrogen and oxygen atoms in total. The van der Waals surface area contributed by atoms with E-state index in [0.717, 1.165) is 36.4 Å². The van der Waals surface area contributed by atoms with Crippen LogP contribution in [0.1, 0.15) is 41.7 Å². The molecule has 0 radical (unpaired) electrons. The number of rotatable bonds is 3. The Morgan fingerprint density at radius 1 is 1.33 bits per heavy atom. The number of imidazole rings is 1. The molecule has 1 aliphatic heterocycles. The molecular formula is C18H22FN5. The summed E-state index contributed by atoms with van der Waals surface area (Å²) in [5, 5.41) is 4.56. The van der Waals surface area contributed by atoms with E-state index in [9.17, 15) is 4.39 Å². The van der Waals surface area contributed by atoms with E-state index < -0.39 is 0 Å². The lowest BCUT2D eigenvalue weighted by Gasteiger charge is -2.24. The molecule has 24 heavy (non-hydrogen) atoms. The molecule has 1 N–H and O–H groups in total. The van der Waals surface area contributed by atoms with Crippen molar-refractivity contribution in [3.63, 3.8) is 0 Å². The molecule has 1 unspecified atom stereocenters. The van der Waals surface area contributed by atoms with Crippen molar-refractivity contribution in [1.82, 2.24) is 24.6 Å². The summed E-state index contributed by atoms with van der Waals surface area (Å²) < 4.78 is 15.8. The van der Waals surface area contributed by atoms with Crippen LogP contribution in [0.4, 0.5) is 4.39 Å². The van der Waals surface area contributed by atoms with Crippen LogP contribution in [-0.4, -0.2) is 31.2 Å². The Kier molecular flexibility index (Phi) is 3.64. The summed E-state index contributed by atoms with van der Waals surface area (Å²) in [4.78, 5) is 10.1. The third-order valence-corrected chi connectivity index (χ3v) is 5.13. The van der Waals surface area contributed by atoms with Crippen LogP contribution in [-0.2, 0) is 13.6 Å². The van der Waals surface area contributed by atoms with E-state index in [1.807, 2.05) is 17.8 Å². The van der Waals surface area contributed by atoms with Gasteiger partial charge >= 0.3 is 0 Å². The summed E-state index contributed by atoms with van der Waals surface area (Å²) in [5.41, 5.74) is 4.84. The van der Waals surface area contributed by atoms with E-state index in [2.05, 4.69) is 33.8 Å². The maximum Gasteiger partial charge on any atom is 0.151 e. The van der Waals surface area contributed by atoms with Crippen molar-refractivity contribution in [3.8, 4) is 0 Å². The fraction of sp³-hybridized carbons (Fsp3) is 0.444. The van der Waals surface area contributed by atoms with Gasteiger partial charge in [0.25, 0.3) is 0 Å². The van der Waals surface area contributed by atoms with Crippen molar-refractivity contribution in [2.24, 2.45) is 7.05 Å². The van der Waals surface area contributed by atoms with Gasteiger partial charge in [0.15, 0.2) is 5.82 Å². The summed E-state index contributed by atoms with van der Waals surface area (Å²) in [6.45, 7) is 5.93. The van der Waals surface area contributed by atoms with Gasteiger partial charge in [0.2, 0.25) is 0 Å². The predicted octanol–water partition coefficient (Wildman–Crippen LogP) is 3.39. The molecule has 0 spiro atoms. The van der Waals surface area contributed by atoms with Crippen LogP contribution in [0.5, 0.6) is 0 Å². The Balaban J connectivity index is 1.64. The van der Waals surface area contributed by atoms with Gasteiger partial charge in [-0.3, -0.25) is 9.58 Å². The first-order chi connectivity index (χ1) is 11.5. The molecule has 4 rings (SSSR count). The minimum atomic E-state index is -0.271. The van der Waals surface area contributed by atoms with E-state index in [1.54, 1.807) is 6.07 Å². The van der Waals surface area contributed by atoms with Crippen LogP contribution < -0.4 is 0 Å². The number of halogens is 1. The Hall–Kier alpha value is -2.21. The van der Waals surface area contributed by atoms with E-state index in [4.69, 9.17) is 0 Å². The largest absolute Gasteiger partial charge is 0.341 e. The van der Waals surface area contributed by atoms with Crippen LogP contribution in [0.2, 0.25) is 0 Å². The lowest BCUT2D eigenvalue weighted by molar-refractivity contribution is 0.242. The molecule has 2 aromatic heterocycles. The van der Waals surface area contributed by atoms with Gasteiger partial charge in [-0.2, -0.15) is 5.10 Å². The zero-order valence-electron chi connectivity index (χ0n) is 14.3. The number of benzene rings is 1. The number of nitrogens with zero attached hydrogens (tertiary/aromatic N) is 4. The fourth-order valence-electron chi connectivity index (χ4n) is 3.93. The number of nitrogens with one attached hydrogen (secondary N) is 1. The monoisotopic (exact) mass is 327 g/mol. The Morgan fingerprint density at radius 2 is 2.17 bits per heavy atom. The predicted molar refractivity (Wildman–Crippen MR) is 91.1 cm³/mol. The van der Waals surface area contributed by atoms with E-state index in [1.165, 1.54) is 17.3 Å². The van der Waals surface area contributed by atoms with E-state index in [-0.39, 0.29) is 5.82 Å². The zero-order valence-corrected chi connectivity index (χ0v) is 14.3. The van der Waals surface area contributed by atoms with Crippen molar-refractivity contribution < 1.29 is 4.39 Å². The van der Waals surface area contributed by atoms with Crippen LogP contribution in [0.3, 0.4) is 0 Å². The van der Waals surface area contributed by atoms with Crippen molar-refractivity contribution in [1.29, 1.82) is 0 Å². The number of fused-ring (bicyclic) bond motifs is 1. The van der Waals surface area contributed by atoms with E-state index in [0.29, 0.717) is 18.1 Å². The average Bonchev–Trinajstić information content (AvgIpc) is 3.20.